The summed E-state index contributed by atoms with van der Waals surface area (Å²) in [6, 6.07) is 136. The van der Waals surface area contributed by atoms with Crippen LogP contribution in [-0.2, 0) is 43.3 Å². The van der Waals surface area contributed by atoms with Crippen LogP contribution in [0.15, 0.2) is 346 Å². The summed E-state index contributed by atoms with van der Waals surface area (Å²) in [4.78, 5) is 5.62. The van der Waals surface area contributed by atoms with Crippen molar-refractivity contribution in [3.8, 4) is 83.6 Å². The molecule has 2 aliphatic heterocycles. The van der Waals surface area contributed by atoms with Crippen molar-refractivity contribution < 1.29 is 0 Å². The van der Waals surface area contributed by atoms with E-state index in [2.05, 4.69) is 506 Å². The zero-order chi connectivity index (χ0) is 90.1. The van der Waals surface area contributed by atoms with Gasteiger partial charge in [0.2, 0.25) is 0 Å². The summed E-state index contributed by atoms with van der Waals surface area (Å²) in [5.74, 6) is 0. The largest absolute Gasteiger partial charge is 0.310 e. The number of benzene rings is 16. The molecule has 129 heavy (non-hydrogen) atoms. The van der Waals surface area contributed by atoms with E-state index < -0.39 is 17.5 Å². The van der Waals surface area contributed by atoms with Crippen molar-refractivity contribution in [2.24, 2.45) is 0 Å². The van der Waals surface area contributed by atoms with Crippen LogP contribution in [0.2, 0.25) is 0 Å². The summed E-state index contributed by atoms with van der Waals surface area (Å²) in [6.45, 7) is 49.5. The summed E-state index contributed by atoms with van der Waals surface area (Å²) in [7, 11) is 0. The fraction of sp³-hybridized carbons (Fsp3) is 0.232. The van der Waals surface area contributed by atoms with E-state index in [0.29, 0.717) is 0 Å². The smallest absolute Gasteiger partial charge is 0.252 e. The first-order valence-corrected chi connectivity index (χ1v) is 46.7. The molecular weight excluding hydrogens is 1550 g/mol. The Morgan fingerprint density at radius 1 is 0.217 bits per heavy atom. The van der Waals surface area contributed by atoms with Crippen LogP contribution in [0.4, 0.5) is 34.1 Å². The van der Waals surface area contributed by atoms with E-state index >= 15 is 0 Å². The highest BCUT2D eigenvalue weighted by atomic mass is 15.2. The van der Waals surface area contributed by atoms with Crippen LogP contribution >= 0.6 is 0 Å². The highest BCUT2D eigenvalue weighted by Crippen LogP contribution is 2.62. The summed E-state index contributed by atoms with van der Waals surface area (Å²) in [5, 5.41) is 2.37. The Kier molecular flexibility index (Phi) is 20.0. The third-order valence-corrected chi connectivity index (χ3v) is 28.2. The van der Waals surface area contributed by atoms with E-state index in [9.17, 15) is 0 Å². The third-order valence-electron chi connectivity index (χ3n) is 28.2. The molecule has 4 heteroatoms. The highest BCUT2D eigenvalue weighted by molar-refractivity contribution is 7.00. The maximum Gasteiger partial charge on any atom is 0.252 e. The van der Waals surface area contributed by atoms with Crippen molar-refractivity contribution in [1.82, 2.24) is 4.57 Å². The van der Waals surface area contributed by atoms with Crippen molar-refractivity contribution in [2.45, 2.75) is 189 Å². The molecule has 0 atom stereocenters. The molecule has 0 saturated carbocycles. The van der Waals surface area contributed by atoms with Crippen LogP contribution in [0.5, 0.6) is 0 Å². The molecule has 1 aliphatic carbocycles. The van der Waals surface area contributed by atoms with Gasteiger partial charge in [-0.25, -0.2) is 0 Å². The van der Waals surface area contributed by atoms with Crippen molar-refractivity contribution >= 4 is 79.0 Å². The molecule has 0 radical (unpaired) electrons. The van der Waals surface area contributed by atoms with Gasteiger partial charge in [-0.15, -0.1) is 0 Å². The number of hydrogen-bond acceptors (Lipinski definition) is 2. The second-order valence-corrected chi connectivity index (χ2v) is 44.2. The zero-order valence-electron chi connectivity index (χ0n) is 79.3. The van der Waals surface area contributed by atoms with Gasteiger partial charge in [0.1, 0.15) is 0 Å². The Morgan fingerprint density at radius 2 is 0.535 bits per heavy atom. The summed E-state index contributed by atoms with van der Waals surface area (Å²) < 4.78 is 2.59. The van der Waals surface area contributed by atoms with Gasteiger partial charge in [0.25, 0.3) is 6.71 Å². The normalized spacial score (nSPS) is 13.8. The maximum absolute atomic E-state index is 2.82. The molecule has 1 aromatic heterocycles. The Balaban J connectivity index is 1.02. The molecular formula is C125H120BN3. The topological polar surface area (TPSA) is 11.4 Å². The fourth-order valence-corrected chi connectivity index (χ4v) is 20.9. The standard InChI is InChI=1S/C125H120BN3/c1-118(2,3)89-61-85(62-90(67-89)119(4,5)6)83-57-59-105-101(65-83)102-75-111-107(77-106(102)125(105,87-51-37-26-38-52-87)88-53-39-27-40-54-88)126-108-78-110-104(103-66-84(58-60-109(103)127(110)96-55-41-28-42-56-96)86-63-91(120(7,8)9)68-92(64-86)121(10,11)12)76-112(108)129(117-99(81-47-33-24-34-48-81)71-94(123(16,17)18)72-100(117)82-49-35-25-36-50-82)114-74-95(124(19,20)21)73-113(115(114)126)128(111)116-97(79-43-29-22-30-44-79)69-93(122(13,14)15)70-98(116)80-45-31-23-32-46-80/h22-78H,1-21H3. The lowest BCUT2D eigenvalue weighted by molar-refractivity contribution is 0.568. The molecule has 3 aliphatic rings. The summed E-state index contributed by atoms with van der Waals surface area (Å²) in [5.41, 5.74) is 42.4. The van der Waals surface area contributed by atoms with Gasteiger partial charge in [-0.3, -0.25) is 0 Å². The average Bonchev–Trinajstić information content (AvgIpc) is 1.26. The molecule has 0 N–H and O–H groups in total. The predicted octanol–water partition coefficient (Wildman–Crippen LogP) is 32.3. The molecule has 16 aromatic carbocycles. The van der Waals surface area contributed by atoms with Gasteiger partial charge in [-0.1, -0.05) is 406 Å². The Hall–Kier alpha value is -13.0. The summed E-state index contributed by atoms with van der Waals surface area (Å²) >= 11 is 0. The fourth-order valence-electron chi connectivity index (χ4n) is 20.9. The number of nitrogens with zero attached hydrogens (tertiary/aromatic N) is 3. The van der Waals surface area contributed by atoms with Crippen LogP contribution < -0.4 is 26.2 Å². The van der Waals surface area contributed by atoms with E-state index in [1.165, 1.54) is 122 Å². The van der Waals surface area contributed by atoms with Crippen LogP contribution in [-0.4, -0.2) is 11.3 Å². The molecule has 0 fully saturated rings. The predicted molar refractivity (Wildman–Crippen MR) is 556 cm³/mol. The lowest BCUT2D eigenvalue weighted by Crippen LogP contribution is -2.62. The van der Waals surface area contributed by atoms with Gasteiger partial charge in [0.15, 0.2) is 0 Å². The minimum atomic E-state index is -0.817. The minimum absolute atomic E-state index is 0.0919. The Labute approximate surface area is 767 Å². The first kappa shape index (κ1) is 84.2. The lowest BCUT2D eigenvalue weighted by Gasteiger charge is -2.47. The van der Waals surface area contributed by atoms with Crippen LogP contribution in [0.25, 0.3) is 105 Å². The first-order chi connectivity index (χ1) is 61.4. The van der Waals surface area contributed by atoms with Crippen molar-refractivity contribution in [1.29, 1.82) is 0 Å². The molecule has 0 bridgehead atoms. The number of anilines is 6. The van der Waals surface area contributed by atoms with Crippen LogP contribution in [0.3, 0.4) is 0 Å². The van der Waals surface area contributed by atoms with E-state index in [1.807, 2.05) is 0 Å². The van der Waals surface area contributed by atoms with Gasteiger partial charge in [-0.05, 0) is 256 Å². The van der Waals surface area contributed by atoms with Gasteiger partial charge in [0.05, 0.1) is 27.8 Å². The van der Waals surface area contributed by atoms with Crippen molar-refractivity contribution in [3.05, 3.63) is 407 Å². The number of aromatic nitrogens is 1. The maximum atomic E-state index is 2.82. The lowest BCUT2D eigenvalue weighted by atomic mass is 9.33. The van der Waals surface area contributed by atoms with Crippen molar-refractivity contribution in [2.75, 3.05) is 9.80 Å². The van der Waals surface area contributed by atoms with E-state index in [0.717, 1.165) is 95.4 Å². The van der Waals surface area contributed by atoms with Gasteiger partial charge < -0.3 is 14.4 Å². The Morgan fingerprint density at radius 3 is 0.922 bits per heavy atom. The number of hydrogen-bond donors (Lipinski definition) is 0. The third kappa shape index (κ3) is 14.4. The van der Waals surface area contributed by atoms with Gasteiger partial charge in [0, 0.05) is 61.5 Å². The van der Waals surface area contributed by atoms with Crippen LogP contribution in [0, 0.1) is 0 Å². The SMILES string of the molecule is CC(C)(C)c1cc(-c2ccc3c(c2)-c2cc4c(cc2C3(c2ccccc2)c2ccccc2)B2c3cc5c(cc3N(c3c(-c6ccccc6)cc(C(C)(C)C)cc3-c3ccccc3)c3cc(C(C)(C)C)cc(c32)N4c2c(-c3ccccc3)cc(C(C)(C)C)cc2-c2ccccc2)c2cc(-c3cc(C(C)(C)C)cc(C(C)(C)C)c3)ccc2n5-c2ccccc2)cc(C(C)(C)C)c1. The molecule has 0 amide bonds. The molecule has 3 nitrogen and oxygen atoms in total. The quantitative estimate of drug-likeness (QED) is 0.120. The van der Waals surface area contributed by atoms with E-state index in [-0.39, 0.29) is 32.5 Å². The first-order valence-electron chi connectivity index (χ1n) is 46.7. The zero-order valence-corrected chi connectivity index (χ0v) is 79.3. The monoisotopic (exact) mass is 1670 g/mol. The molecule has 20 rings (SSSR count). The second-order valence-electron chi connectivity index (χ2n) is 44.2. The molecule has 0 unspecified atom stereocenters. The highest BCUT2D eigenvalue weighted by Gasteiger charge is 2.52. The average molecular weight is 1680 g/mol. The minimum Gasteiger partial charge on any atom is -0.310 e. The summed E-state index contributed by atoms with van der Waals surface area (Å²) in [6.07, 6.45) is 0. The van der Waals surface area contributed by atoms with Crippen molar-refractivity contribution in [3.63, 3.8) is 0 Å². The van der Waals surface area contributed by atoms with Gasteiger partial charge in [-0.2, -0.15) is 0 Å². The van der Waals surface area contributed by atoms with E-state index in [1.54, 1.807) is 0 Å². The Bertz CT molecular complexity index is 7040. The van der Waals surface area contributed by atoms with Gasteiger partial charge >= 0.3 is 0 Å². The molecule has 3 heterocycles. The molecule has 17 aromatic rings. The second kappa shape index (κ2) is 30.6. The molecule has 0 saturated heterocycles. The number of rotatable bonds is 11. The molecule has 0 spiro atoms. The molecule has 638 valence electrons. The number of para-hydroxylation sites is 1. The van der Waals surface area contributed by atoms with E-state index in [4.69, 9.17) is 0 Å². The number of fused-ring (bicyclic) bond motifs is 10. The van der Waals surface area contributed by atoms with Crippen LogP contribution in [0.1, 0.15) is 207 Å².